The molecule has 0 fully saturated rings. The second-order valence-corrected chi connectivity index (χ2v) is 6.44. The van der Waals surface area contributed by atoms with Gasteiger partial charge >= 0.3 is 5.97 Å². The van der Waals surface area contributed by atoms with Gasteiger partial charge in [0.1, 0.15) is 11.3 Å². The first-order valence-corrected chi connectivity index (χ1v) is 8.47. The predicted molar refractivity (Wildman–Crippen MR) is 89.0 cm³/mol. The number of halogens is 3. The lowest BCUT2D eigenvalue weighted by molar-refractivity contribution is -0.144. The summed E-state index contributed by atoms with van der Waals surface area (Å²) in [5.74, 6) is -4.44. The SMILES string of the molecule is CCOC(=O)C(Cc1nc2c(F)c(F)cc(F)c2s1)c1ccccc1. The first-order valence-electron chi connectivity index (χ1n) is 7.65. The van der Waals surface area contributed by atoms with Gasteiger partial charge in [0.15, 0.2) is 11.6 Å². The van der Waals surface area contributed by atoms with Crippen molar-refractivity contribution in [2.45, 2.75) is 19.3 Å². The Morgan fingerprint density at radius 1 is 1.20 bits per heavy atom. The minimum atomic E-state index is -1.29. The van der Waals surface area contributed by atoms with E-state index in [1.807, 2.05) is 6.07 Å². The van der Waals surface area contributed by atoms with E-state index in [1.165, 1.54) is 0 Å². The fourth-order valence-electron chi connectivity index (χ4n) is 2.56. The number of hydrogen-bond donors (Lipinski definition) is 0. The quantitative estimate of drug-likeness (QED) is 0.490. The molecule has 0 aliphatic heterocycles. The molecule has 0 bridgehead atoms. The molecule has 3 aromatic rings. The molecule has 0 saturated heterocycles. The van der Waals surface area contributed by atoms with Crippen molar-refractivity contribution in [1.29, 1.82) is 0 Å². The number of aromatic nitrogens is 1. The Morgan fingerprint density at radius 2 is 1.92 bits per heavy atom. The van der Waals surface area contributed by atoms with Crippen molar-refractivity contribution >= 4 is 27.5 Å². The summed E-state index contributed by atoms with van der Waals surface area (Å²) in [6.45, 7) is 1.92. The zero-order valence-electron chi connectivity index (χ0n) is 13.3. The largest absolute Gasteiger partial charge is 0.466 e. The smallest absolute Gasteiger partial charge is 0.313 e. The van der Waals surface area contributed by atoms with Gasteiger partial charge in [-0.05, 0) is 12.5 Å². The third-order valence-electron chi connectivity index (χ3n) is 3.71. The molecular formula is C18H14F3NO2S. The average molecular weight is 365 g/mol. The summed E-state index contributed by atoms with van der Waals surface area (Å²) in [5.41, 5.74) is 0.362. The molecule has 3 nitrogen and oxygen atoms in total. The Labute approximate surface area is 146 Å². The lowest BCUT2D eigenvalue weighted by Crippen LogP contribution is -2.18. The lowest BCUT2D eigenvalue weighted by Gasteiger charge is -2.14. The van der Waals surface area contributed by atoms with Crippen molar-refractivity contribution in [3.05, 3.63) is 64.4 Å². The molecule has 1 atom stereocenters. The van der Waals surface area contributed by atoms with Gasteiger partial charge in [-0.1, -0.05) is 30.3 Å². The van der Waals surface area contributed by atoms with Crippen LogP contribution in [-0.4, -0.2) is 17.6 Å². The highest BCUT2D eigenvalue weighted by atomic mass is 32.1. The molecule has 130 valence electrons. The van der Waals surface area contributed by atoms with Crippen LogP contribution in [-0.2, 0) is 16.0 Å². The number of thiazole rings is 1. The highest BCUT2D eigenvalue weighted by Gasteiger charge is 2.25. The molecule has 0 amide bonds. The van der Waals surface area contributed by atoms with E-state index in [0.29, 0.717) is 16.6 Å². The average Bonchev–Trinajstić information content (AvgIpc) is 3.03. The standard InChI is InChI=1S/C18H14F3NO2S/c1-2-24-18(23)11(10-6-4-3-5-7-10)8-14-22-16-15(21)12(19)9-13(20)17(16)25-14/h3-7,9,11H,2,8H2,1H3. The first kappa shape index (κ1) is 17.4. The number of carbonyl (C=O) groups is 1. The van der Waals surface area contributed by atoms with E-state index in [2.05, 4.69) is 4.98 Å². The van der Waals surface area contributed by atoms with Gasteiger partial charge in [0.05, 0.1) is 22.2 Å². The van der Waals surface area contributed by atoms with Crippen LogP contribution in [0.1, 0.15) is 23.4 Å². The fraction of sp³-hybridized carbons (Fsp3) is 0.222. The van der Waals surface area contributed by atoms with Crippen LogP contribution in [0.15, 0.2) is 36.4 Å². The van der Waals surface area contributed by atoms with Crippen LogP contribution in [0.5, 0.6) is 0 Å². The molecule has 0 spiro atoms. The van der Waals surface area contributed by atoms with Crippen molar-refractivity contribution in [1.82, 2.24) is 4.98 Å². The summed E-state index contributed by atoms with van der Waals surface area (Å²) in [7, 11) is 0. The van der Waals surface area contributed by atoms with Crippen LogP contribution < -0.4 is 0 Å². The Morgan fingerprint density at radius 3 is 2.60 bits per heavy atom. The zero-order chi connectivity index (χ0) is 18.0. The van der Waals surface area contributed by atoms with Crippen molar-refractivity contribution in [2.75, 3.05) is 6.61 Å². The summed E-state index contributed by atoms with van der Waals surface area (Å²) >= 11 is 0.905. The molecule has 2 aromatic carbocycles. The van der Waals surface area contributed by atoms with Gasteiger partial charge in [-0.25, -0.2) is 18.2 Å². The molecule has 1 aromatic heterocycles. The molecule has 7 heteroatoms. The van der Waals surface area contributed by atoms with Gasteiger partial charge < -0.3 is 4.74 Å². The number of hydrogen-bond acceptors (Lipinski definition) is 4. The zero-order valence-corrected chi connectivity index (χ0v) is 14.1. The molecule has 0 saturated carbocycles. The first-order chi connectivity index (χ1) is 12.0. The van der Waals surface area contributed by atoms with Crippen LogP contribution in [0, 0.1) is 17.5 Å². The molecule has 25 heavy (non-hydrogen) atoms. The number of rotatable bonds is 5. The van der Waals surface area contributed by atoms with Crippen LogP contribution in [0.25, 0.3) is 10.2 Å². The molecule has 1 unspecified atom stereocenters. The Bertz CT molecular complexity index is 912. The van der Waals surface area contributed by atoms with Gasteiger partial charge in [0, 0.05) is 12.5 Å². The summed E-state index contributed by atoms with van der Waals surface area (Å²) in [6, 6.07) is 9.44. The van der Waals surface area contributed by atoms with E-state index in [0.717, 1.165) is 11.3 Å². The Hall–Kier alpha value is -2.41. The van der Waals surface area contributed by atoms with Crippen LogP contribution in [0.3, 0.4) is 0 Å². The molecule has 0 aliphatic carbocycles. The van der Waals surface area contributed by atoms with E-state index < -0.39 is 29.3 Å². The number of esters is 1. The molecule has 0 radical (unpaired) electrons. The van der Waals surface area contributed by atoms with Crippen LogP contribution >= 0.6 is 11.3 Å². The number of carbonyl (C=O) groups excluding carboxylic acids is 1. The highest BCUT2D eigenvalue weighted by molar-refractivity contribution is 7.18. The second-order valence-electron chi connectivity index (χ2n) is 5.36. The fourth-order valence-corrected chi connectivity index (χ4v) is 3.57. The van der Waals surface area contributed by atoms with Gasteiger partial charge in [-0.15, -0.1) is 11.3 Å². The number of fused-ring (bicyclic) bond motifs is 1. The Kier molecular flexibility index (Phi) is 5.03. The monoisotopic (exact) mass is 365 g/mol. The van der Waals surface area contributed by atoms with E-state index in [1.54, 1.807) is 31.2 Å². The van der Waals surface area contributed by atoms with Crippen molar-refractivity contribution < 1.29 is 22.7 Å². The maximum atomic E-state index is 13.9. The summed E-state index contributed by atoms with van der Waals surface area (Å²) in [4.78, 5) is 16.3. The van der Waals surface area contributed by atoms with Crippen LogP contribution in [0.2, 0.25) is 0 Å². The molecule has 0 aliphatic rings. The molecule has 0 N–H and O–H groups in total. The number of nitrogens with zero attached hydrogens (tertiary/aromatic N) is 1. The lowest BCUT2D eigenvalue weighted by atomic mass is 9.96. The highest BCUT2D eigenvalue weighted by Crippen LogP contribution is 2.32. The van der Waals surface area contributed by atoms with E-state index in [-0.39, 0.29) is 23.2 Å². The maximum Gasteiger partial charge on any atom is 0.313 e. The van der Waals surface area contributed by atoms with Crippen molar-refractivity contribution in [2.24, 2.45) is 0 Å². The number of benzene rings is 2. The summed E-state index contributed by atoms with van der Waals surface area (Å²) in [5, 5.41) is 0.334. The topological polar surface area (TPSA) is 39.2 Å². The van der Waals surface area contributed by atoms with E-state index >= 15 is 0 Å². The van der Waals surface area contributed by atoms with Gasteiger partial charge in [-0.2, -0.15) is 0 Å². The van der Waals surface area contributed by atoms with Gasteiger partial charge in [0.2, 0.25) is 0 Å². The molecule has 1 heterocycles. The van der Waals surface area contributed by atoms with Crippen molar-refractivity contribution in [3.8, 4) is 0 Å². The van der Waals surface area contributed by atoms with Crippen molar-refractivity contribution in [3.63, 3.8) is 0 Å². The van der Waals surface area contributed by atoms with Gasteiger partial charge in [-0.3, -0.25) is 4.79 Å². The van der Waals surface area contributed by atoms with E-state index in [9.17, 15) is 18.0 Å². The third-order valence-corrected chi connectivity index (χ3v) is 4.80. The minimum Gasteiger partial charge on any atom is -0.466 e. The van der Waals surface area contributed by atoms with Crippen LogP contribution in [0.4, 0.5) is 13.2 Å². The molecule has 3 rings (SSSR count). The summed E-state index contributed by atoms with van der Waals surface area (Å²) in [6.07, 6.45) is 0.114. The normalized spacial score (nSPS) is 12.3. The Balaban J connectivity index is 2.00. The predicted octanol–water partition coefficient (Wildman–Crippen LogP) is 4.60. The third kappa shape index (κ3) is 3.51. The summed E-state index contributed by atoms with van der Waals surface area (Å²) < 4.78 is 46.1. The maximum absolute atomic E-state index is 13.9. The minimum absolute atomic E-state index is 0.0652. The van der Waals surface area contributed by atoms with E-state index in [4.69, 9.17) is 4.74 Å². The molecular weight excluding hydrogens is 351 g/mol. The van der Waals surface area contributed by atoms with Gasteiger partial charge in [0.25, 0.3) is 0 Å². The number of ether oxygens (including phenoxy) is 1. The second kappa shape index (κ2) is 7.23.